The molecule has 0 aromatic carbocycles. The van der Waals surface area contributed by atoms with E-state index in [0.717, 1.165) is 0 Å². The third-order valence-electron chi connectivity index (χ3n) is 1.87. The first kappa shape index (κ1) is 16.2. The van der Waals surface area contributed by atoms with Gasteiger partial charge in [0.15, 0.2) is 0 Å². The van der Waals surface area contributed by atoms with Gasteiger partial charge in [0.2, 0.25) is 0 Å². The number of hydrogen-bond acceptors (Lipinski definition) is 4. The van der Waals surface area contributed by atoms with E-state index in [2.05, 4.69) is 5.32 Å². The number of amides is 1. The van der Waals surface area contributed by atoms with Crippen molar-refractivity contribution in [3.8, 4) is 0 Å². The molecule has 0 aliphatic heterocycles. The van der Waals surface area contributed by atoms with Crippen molar-refractivity contribution >= 4 is 18.0 Å². The molecule has 0 unspecified atom stereocenters. The van der Waals surface area contributed by atoms with Crippen molar-refractivity contribution in [2.24, 2.45) is 0 Å². The Hall–Kier alpha value is -1.79. The fraction of sp³-hybridized carbons (Fsp3) is 0.727. The van der Waals surface area contributed by atoms with E-state index in [-0.39, 0.29) is 19.3 Å². The zero-order valence-electron chi connectivity index (χ0n) is 10.7. The van der Waals surface area contributed by atoms with Gasteiger partial charge in [0.25, 0.3) is 0 Å². The van der Waals surface area contributed by atoms with Crippen LogP contribution in [0.3, 0.4) is 0 Å². The molecule has 0 heterocycles. The van der Waals surface area contributed by atoms with Crippen LogP contribution in [0.1, 0.15) is 40.0 Å². The molecule has 0 aromatic heterocycles. The lowest BCUT2D eigenvalue weighted by Gasteiger charge is -2.21. The van der Waals surface area contributed by atoms with Crippen LogP contribution in [-0.2, 0) is 14.3 Å². The molecule has 0 radical (unpaired) electrons. The van der Waals surface area contributed by atoms with Gasteiger partial charge in [0.05, 0.1) is 0 Å². The molecule has 0 spiro atoms. The summed E-state index contributed by atoms with van der Waals surface area (Å²) < 4.78 is 4.92. The summed E-state index contributed by atoms with van der Waals surface area (Å²) >= 11 is 0. The van der Waals surface area contributed by atoms with Crippen LogP contribution in [0.5, 0.6) is 0 Å². The average molecular weight is 261 g/mol. The largest absolute Gasteiger partial charge is 0.481 e. The summed E-state index contributed by atoms with van der Waals surface area (Å²) in [7, 11) is 0. The lowest BCUT2D eigenvalue weighted by Crippen LogP contribution is -2.43. The quantitative estimate of drug-likeness (QED) is 0.662. The molecule has 0 aromatic rings. The highest BCUT2D eigenvalue weighted by Gasteiger charge is 2.23. The number of alkyl carbamates (subject to hydrolysis) is 1. The van der Waals surface area contributed by atoms with Crippen LogP contribution in [0.25, 0.3) is 0 Å². The molecule has 1 amide bonds. The fourth-order valence-electron chi connectivity index (χ4n) is 1.16. The lowest BCUT2D eigenvalue weighted by atomic mass is 10.1. The Balaban J connectivity index is 4.23. The van der Waals surface area contributed by atoms with E-state index in [1.165, 1.54) is 0 Å². The first-order chi connectivity index (χ1) is 8.11. The zero-order chi connectivity index (χ0) is 14.3. The smallest absolute Gasteiger partial charge is 0.408 e. The number of nitrogens with one attached hydrogen (secondary N) is 1. The Bertz CT molecular complexity index is 320. The van der Waals surface area contributed by atoms with Crippen LogP contribution in [0, 0.1) is 0 Å². The second-order valence-corrected chi connectivity index (χ2v) is 4.82. The van der Waals surface area contributed by atoms with Gasteiger partial charge in [-0.25, -0.2) is 9.59 Å². The number of carbonyl (C=O) groups excluding carboxylic acids is 1. The van der Waals surface area contributed by atoms with E-state index in [4.69, 9.17) is 14.9 Å². The van der Waals surface area contributed by atoms with Crippen molar-refractivity contribution in [1.29, 1.82) is 0 Å². The van der Waals surface area contributed by atoms with Crippen molar-refractivity contribution in [3.05, 3.63) is 0 Å². The highest BCUT2D eigenvalue weighted by Crippen LogP contribution is 2.08. The summed E-state index contributed by atoms with van der Waals surface area (Å²) in [5.74, 6) is -2.22. The van der Waals surface area contributed by atoms with Crippen molar-refractivity contribution < 1.29 is 29.3 Å². The number of ether oxygens (including phenoxy) is 1. The van der Waals surface area contributed by atoms with Gasteiger partial charge < -0.3 is 20.3 Å². The van der Waals surface area contributed by atoms with Crippen LogP contribution in [0.15, 0.2) is 0 Å². The third-order valence-corrected chi connectivity index (χ3v) is 1.87. The fourth-order valence-corrected chi connectivity index (χ4v) is 1.16. The standard InChI is InChI=1S/C11H19NO6/c1-11(2,3)18-10(17)12-7(9(15)16)5-4-6-8(13)14/h7H,4-6H2,1-3H3,(H,12,17)(H,13,14)(H,15,16)/t7-/m0/s1. The maximum Gasteiger partial charge on any atom is 0.408 e. The second kappa shape index (κ2) is 6.83. The molecule has 0 rings (SSSR count). The molecule has 0 aliphatic rings. The lowest BCUT2D eigenvalue weighted by molar-refractivity contribution is -0.141. The highest BCUT2D eigenvalue weighted by molar-refractivity contribution is 5.80. The van der Waals surface area contributed by atoms with Crippen LogP contribution in [0.4, 0.5) is 4.79 Å². The van der Waals surface area contributed by atoms with Crippen molar-refractivity contribution in [2.75, 3.05) is 0 Å². The Labute approximate surface area is 105 Å². The summed E-state index contributed by atoms with van der Waals surface area (Å²) in [5, 5.41) is 19.5. The molecular formula is C11H19NO6. The van der Waals surface area contributed by atoms with Crippen molar-refractivity contribution in [3.63, 3.8) is 0 Å². The summed E-state index contributed by atoms with van der Waals surface area (Å²) in [6, 6.07) is -1.14. The minimum absolute atomic E-state index is 0.0425. The van der Waals surface area contributed by atoms with E-state index in [1.54, 1.807) is 20.8 Å². The summed E-state index contributed by atoms with van der Waals surface area (Å²) in [6.07, 6.45) is -0.756. The molecule has 104 valence electrons. The number of hydrogen-bond donors (Lipinski definition) is 3. The maximum atomic E-state index is 11.4. The minimum atomic E-state index is -1.22. The number of aliphatic carboxylic acids is 2. The van der Waals surface area contributed by atoms with Gasteiger partial charge in [-0.05, 0) is 33.6 Å². The van der Waals surface area contributed by atoms with Gasteiger partial charge >= 0.3 is 18.0 Å². The number of carbonyl (C=O) groups is 3. The predicted octanol–water partition coefficient (Wildman–Crippen LogP) is 1.22. The first-order valence-electron chi connectivity index (χ1n) is 5.56. The molecule has 0 aliphatic carbocycles. The molecule has 0 saturated carbocycles. The van der Waals surface area contributed by atoms with E-state index < -0.39 is 29.7 Å². The van der Waals surface area contributed by atoms with E-state index in [0.29, 0.717) is 0 Å². The monoisotopic (exact) mass is 261 g/mol. The van der Waals surface area contributed by atoms with Crippen LogP contribution >= 0.6 is 0 Å². The van der Waals surface area contributed by atoms with E-state index in [9.17, 15) is 14.4 Å². The van der Waals surface area contributed by atoms with Gasteiger partial charge in [-0.3, -0.25) is 4.79 Å². The Morgan fingerprint density at radius 2 is 1.78 bits per heavy atom. The molecule has 1 atom stereocenters. The maximum absolute atomic E-state index is 11.4. The molecule has 3 N–H and O–H groups in total. The molecule has 0 saturated heterocycles. The summed E-state index contributed by atoms with van der Waals surface area (Å²) in [6.45, 7) is 4.98. The second-order valence-electron chi connectivity index (χ2n) is 4.82. The first-order valence-corrected chi connectivity index (χ1v) is 5.56. The Morgan fingerprint density at radius 3 is 2.17 bits per heavy atom. The molecule has 0 bridgehead atoms. The van der Waals surface area contributed by atoms with Gasteiger partial charge in [0.1, 0.15) is 11.6 Å². The highest BCUT2D eigenvalue weighted by atomic mass is 16.6. The SMILES string of the molecule is CC(C)(C)OC(=O)N[C@@H](CCCC(=O)O)C(=O)O. The summed E-state index contributed by atoms with van der Waals surface area (Å²) in [4.78, 5) is 32.5. The predicted molar refractivity (Wildman–Crippen MR) is 62.3 cm³/mol. The molecular weight excluding hydrogens is 242 g/mol. The van der Waals surface area contributed by atoms with Crippen LogP contribution in [-0.4, -0.2) is 39.9 Å². The number of rotatable bonds is 6. The van der Waals surface area contributed by atoms with Crippen LogP contribution < -0.4 is 5.32 Å². The zero-order valence-corrected chi connectivity index (χ0v) is 10.7. The van der Waals surface area contributed by atoms with E-state index in [1.807, 2.05) is 0 Å². The van der Waals surface area contributed by atoms with Crippen molar-refractivity contribution in [1.82, 2.24) is 5.32 Å². The summed E-state index contributed by atoms with van der Waals surface area (Å²) in [5.41, 5.74) is -0.714. The topological polar surface area (TPSA) is 113 Å². The molecule has 7 nitrogen and oxygen atoms in total. The van der Waals surface area contributed by atoms with Gasteiger partial charge in [-0.1, -0.05) is 0 Å². The van der Waals surface area contributed by atoms with E-state index >= 15 is 0 Å². The molecule has 7 heteroatoms. The molecule has 18 heavy (non-hydrogen) atoms. The Morgan fingerprint density at radius 1 is 1.22 bits per heavy atom. The van der Waals surface area contributed by atoms with Gasteiger partial charge in [0, 0.05) is 6.42 Å². The number of carboxylic acid groups (broad SMARTS) is 2. The van der Waals surface area contributed by atoms with Crippen LogP contribution in [0.2, 0.25) is 0 Å². The van der Waals surface area contributed by atoms with Crippen molar-refractivity contribution in [2.45, 2.75) is 51.7 Å². The minimum Gasteiger partial charge on any atom is -0.481 e. The molecule has 0 fully saturated rings. The average Bonchev–Trinajstić information content (AvgIpc) is 2.12. The Kier molecular flexibility index (Phi) is 6.15. The van der Waals surface area contributed by atoms with Gasteiger partial charge in [-0.15, -0.1) is 0 Å². The third kappa shape index (κ3) is 8.37. The normalized spacial score (nSPS) is 12.6. The van der Waals surface area contributed by atoms with Gasteiger partial charge in [-0.2, -0.15) is 0 Å². The number of carboxylic acids is 2.